The van der Waals surface area contributed by atoms with E-state index in [1.807, 2.05) is 0 Å². The third-order valence-electron chi connectivity index (χ3n) is 2.27. The van der Waals surface area contributed by atoms with Crippen molar-refractivity contribution in [1.29, 1.82) is 0 Å². The number of Topliss-reactive ketones (excluding diaryl/α,β-unsaturated/α-hetero) is 1. The minimum absolute atomic E-state index is 0.174. The van der Waals surface area contributed by atoms with E-state index in [9.17, 15) is 9.59 Å². The summed E-state index contributed by atoms with van der Waals surface area (Å²) in [7, 11) is 0. The van der Waals surface area contributed by atoms with Gasteiger partial charge in [0.2, 0.25) is 0 Å². The third kappa shape index (κ3) is 2.61. The first-order valence-corrected chi connectivity index (χ1v) is 5.99. The molecule has 1 fully saturated rings. The highest BCUT2D eigenvalue weighted by Crippen LogP contribution is 2.36. The second-order valence-corrected chi connectivity index (χ2v) is 4.74. The van der Waals surface area contributed by atoms with Gasteiger partial charge >= 0.3 is 5.97 Å². The molecule has 0 N–H and O–H groups in total. The molecule has 1 saturated heterocycles. The second kappa shape index (κ2) is 5.75. The Kier molecular flexibility index (Phi) is 4.89. The Hall–Kier alpha value is -0.460. The van der Waals surface area contributed by atoms with E-state index < -0.39 is 22.4 Å². The molecule has 1 aliphatic rings. The predicted molar refractivity (Wildman–Crippen MR) is 59.3 cm³/mol. The van der Waals surface area contributed by atoms with Crippen molar-refractivity contribution in [2.75, 3.05) is 19.8 Å². The van der Waals surface area contributed by atoms with Crippen molar-refractivity contribution in [3.8, 4) is 0 Å². The van der Waals surface area contributed by atoms with Gasteiger partial charge < -0.3 is 14.2 Å². The summed E-state index contributed by atoms with van der Waals surface area (Å²) in [4.78, 5) is 23.2. The summed E-state index contributed by atoms with van der Waals surface area (Å²) in [6.45, 7) is 4.41. The van der Waals surface area contributed by atoms with Crippen LogP contribution in [0, 0.1) is 0 Å². The number of carbonyl (C=O) groups excluding carboxylic acids is 2. The fourth-order valence-corrected chi connectivity index (χ4v) is 2.07. The number of alkyl halides is 1. The summed E-state index contributed by atoms with van der Waals surface area (Å²) >= 11 is 3.25. The molecule has 6 heteroatoms. The smallest absolute Gasteiger partial charge is 0.376 e. The Balaban J connectivity index is 2.74. The van der Waals surface area contributed by atoms with Crippen LogP contribution in [0.3, 0.4) is 0 Å². The molecule has 16 heavy (non-hydrogen) atoms. The largest absolute Gasteiger partial charge is 0.460 e. The van der Waals surface area contributed by atoms with Gasteiger partial charge in [-0.15, -0.1) is 0 Å². The third-order valence-corrected chi connectivity index (χ3v) is 3.40. The molecule has 1 aliphatic heterocycles. The average Bonchev–Trinajstić information content (AvgIpc) is 2.62. The topological polar surface area (TPSA) is 61.8 Å². The van der Waals surface area contributed by atoms with Gasteiger partial charge in [0.1, 0.15) is 4.32 Å². The molecule has 0 saturated carbocycles. The summed E-state index contributed by atoms with van der Waals surface area (Å²) in [5, 5.41) is 0. The van der Waals surface area contributed by atoms with Gasteiger partial charge in [0, 0.05) is 6.61 Å². The number of ether oxygens (including phenoxy) is 3. The minimum atomic E-state index is -1.10. The fraction of sp³-hybridized carbons (Fsp3) is 0.800. The number of halogens is 1. The Bertz CT molecular complexity index is 280. The Morgan fingerprint density at radius 1 is 1.44 bits per heavy atom. The van der Waals surface area contributed by atoms with E-state index in [-0.39, 0.29) is 6.61 Å². The number of ketones is 1. The summed E-state index contributed by atoms with van der Waals surface area (Å²) in [5.41, 5.74) is 0. The molecule has 0 unspecified atom stereocenters. The van der Waals surface area contributed by atoms with Crippen molar-refractivity contribution < 1.29 is 23.8 Å². The Morgan fingerprint density at radius 3 is 2.69 bits per heavy atom. The van der Waals surface area contributed by atoms with Crippen LogP contribution < -0.4 is 0 Å². The molecule has 0 aromatic rings. The van der Waals surface area contributed by atoms with Crippen molar-refractivity contribution in [1.82, 2.24) is 0 Å². The van der Waals surface area contributed by atoms with Gasteiger partial charge in [-0.25, -0.2) is 4.79 Å². The van der Waals surface area contributed by atoms with Crippen molar-refractivity contribution in [2.24, 2.45) is 0 Å². The van der Waals surface area contributed by atoms with Gasteiger partial charge in [-0.3, -0.25) is 4.79 Å². The molecule has 0 amide bonds. The van der Waals surface area contributed by atoms with E-state index in [4.69, 9.17) is 9.47 Å². The molecule has 0 spiro atoms. The molecule has 92 valence electrons. The summed E-state index contributed by atoms with van der Waals surface area (Å²) in [5.74, 6) is -1.50. The minimum Gasteiger partial charge on any atom is -0.460 e. The first-order chi connectivity index (χ1) is 7.56. The van der Waals surface area contributed by atoms with Crippen LogP contribution in [0.15, 0.2) is 0 Å². The molecule has 0 bridgehead atoms. The molecule has 0 aromatic carbocycles. The molecular formula is C10H15BrO5. The Morgan fingerprint density at radius 2 is 2.12 bits per heavy atom. The average molecular weight is 295 g/mol. The van der Waals surface area contributed by atoms with Crippen molar-refractivity contribution in [3.05, 3.63) is 0 Å². The lowest BCUT2D eigenvalue weighted by Gasteiger charge is -2.24. The van der Waals surface area contributed by atoms with E-state index in [1.165, 1.54) is 0 Å². The van der Waals surface area contributed by atoms with Gasteiger partial charge in [-0.05, 0) is 20.3 Å². The quantitative estimate of drug-likeness (QED) is 0.431. The van der Waals surface area contributed by atoms with Gasteiger partial charge in [-0.1, -0.05) is 15.9 Å². The molecule has 1 rings (SSSR count). The first kappa shape index (κ1) is 13.6. The molecular weight excluding hydrogens is 280 g/mol. The van der Waals surface area contributed by atoms with Crippen LogP contribution in [0.1, 0.15) is 20.3 Å². The SMILES string of the molecule is CCOC(=O)C(=O)[C@]1(Br)CCO[C@H]1OCC. The highest BCUT2D eigenvalue weighted by molar-refractivity contribution is 9.10. The Labute approximate surface area is 103 Å². The van der Waals surface area contributed by atoms with E-state index >= 15 is 0 Å². The second-order valence-electron chi connectivity index (χ2n) is 3.32. The predicted octanol–water partition coefficient (Wildman–Crippen LogP) is 1.04. The normalized spacial score (nSPS) is 29.1. The summed E-state index contributed by atoms with van der Waals surface area (Å²) < 4.78 is 14.1. The number of hydrogen-bond donors (Lipinski definition) is 0. The van der Waals surface area contributed by atoms with E-state index in [0.717, 1.165) is 0 Å². The zero-order valence-electron chi connectivity index (χ0n) is 9.32. The zero-order valence-corrected chi connectivity index (χ0v) is 10.9. The van der Waals surface area contributed by atoms with E-state index in [1.54, 1.807) is 13.8 Å². The van der Waals surface area contributed by atoms with Crippen molar-refractivity contribution in [3.63, 3.8) is 0 Å². The molecule has 1 heterocycles. The fourth-order valence-electron chi connectivity index (χ4n) is 1.48. The number of esters is 1. The molecule has 5 nitrogen and oxygen atoms in total. The van der Waals surface area contributed by atoms with Crippen LogP contribution in [0.4, 0.5) is 0 Å². The van der Waals surface area contributed by atoms with Gasteiger partial charge in [0.25, 0.3) is 5.78 Å². The first-order valence-electron chi connectivity index (χ1n) is 5.20. The summed E-state index contributed by atoms with van der Waals surface area (Å²) in [6, 6.07) is 0. The lowest BCUT2D eigenvalue weighted by molar-refractivity contribution is -0.161. The van der Waals surface area contributed by atoms with Crippen molar-refractivity contribution >= 4 is 27.7 Å². The molecule has 0 aliphatic carbocycles. The van der Waals surface area contributed by atoms with E-state index in [0.29, 0.717) is 19.6 Å². The lowest BCUT2D eigenvalue weighted by atomic mass is 10.0. The van der Waals surface area contributed by atoms with Gasteiger partial charge in [0.15, 0.2) is 6.29 Å². The summed E-state index contributed by atoms with van der Waals surface area (Å²) in [6.07, 6.45) is -0.329. The molecule has 2 atom stereocenters. The zero-order chi connectivity index (χ0) is 12.2. The van der Waals surface area contributed by atoms with Crippen LogP contribution in [0.5, 0.6) is 0 Å². The van der Waals surface area contributed by atoms with E-state index in [2.05, 4.69) is 20.7 Å². The van der Waals surface area contributed by atoms with Crippen LogP contribution in [-0.4, -0.2) is 42.2 Å². The highest BCUT2D eigenvalue weighted by Gasteiger charge is 2.52. The maximum absolute atomic E-state index is 11.9. The molecule has 0 radical (unpaired) electrons. The van der Waals surface area contributed by atoms with Crippen LogP contribution >= 0.6 is 15.9 Å². The van der Waals surface area contributed by atoms with Crippen molar-refractivity contribution in [2.45, 2.75) is 30.9 Å². The maximum atomic E-state index is 11.9. The maximum Gasteiger partial charge on any atom is 0.376 e. The number of hydrogen-bond acceptors (Lipinski definition) is 5. The monoisotopic (exact) mass is 294 g/mol. The van der Waals surface area contributed by atoms with Gasteiger partial charge in [0.05, 0.1) is 13.2 Å². The number of rotatable bonds is 5. The van der Waals surface area contributed by atoms with Gasteiger partial charge in [-0.2, -0.15) is 0 Å². The van der Waals surface area contributed by atoms with Crippen LogP contribution in [0.25, 0.3) is 0 Å². The lowest BCUT2D eigenvalue weighted by Crippen LogP contribution is -2.46. The highest BCUT2D eigenvalue weighted by atomic mass is 79.9. The standard InChI is InChI=1S/C10H15BrO5/c1-3-14-8(13)7(12)10(11)5-6-16-9(10)15-4-2/h9H,3-6H2,1-2H3/t9-,10-/m1/s1. The molecule has 0 aromatic heterocycles. The number of carbonyl (C=O) groups is 2. The van der Waals surface area contributed by atoms with Crippen LogP contribution in [-0.2, 0) is 23.8 Å². The van der Waals surface area contributed by atoms with Crippen LogP contribution in [0.2, 0.25) is 0 Å².